The number of rotatable bonds is 4. The molecule has 1 heterocycles. The second-order valence-corrected chi connectivity index (χ2v) is 7.53. The Morgan fingerprint density at radius 1 is 1.15 bits per heavy atom. The summed E-state index contributed by atoms with van der Waals surface area (Å²) in [6.07, 6.45) is 1.61. The van der Waals surface area contributed by atoms with E-state index in [1.54, 1.807) is 30.3 Å². The first-order valence-electron chi connectivity index (χ1n) is 7.58. The Kier molecular flexibility index (Phi) is 5.72. The Morgan fingerprint density at radius 3 is 2.54 bits per heavy atom. The molecule has 0 unspecified atom stereocenters. The Labute approximate surface area is 171 Å². The molecule has 1 aliphatic heterocycles. The number of benzene rings is 2. The highest BCUT2D eigenvalue weighted by Gasteiger charge is 2.34. The van der Waals surface area contributed by atoms with Crippen LogP contribution in [0, 0.1) is 3.57 Å². The lowest BCUT2D eigenvalue weighted by Gasteiger charge is -2.12. The van der Waals surface area contributed by atoms with Gasteiger partial charge in [-0.15, -0.1) is 0 Å². The Morgan fingerprint density at radius 2 is 1.85 bits per heavy atom. The second-order valence-electron chi connectivity index (χ2n) is 5.46. The van der Waals surface area contributed by atoms with Crippen LogP contribution >= 0.6 is 38.5 Å². The Bertz CT molecular complexity index is 912. The number of anilines is 1. The maximum absolute atomic E-state index is 12.4. The second kappa shape index (κ2) is 8.00. The summed E-state index contributed by atoms with van der Waals surface area (Å²) in [6.45, 7) is -0.357. The third-order valence-electron chi connectivity index (χ3n) is 3.60. The van der Waals surface area contributed by atoms with Crippen LogP contribution in [0.3, 0.4) is 0 Å². The summed E-state index contributed by atoms with van der Waals surface area (Å²) < 4.78 is 1.83. The number of imide groups is 1. The van der Waals surface area contributed by atoms with Crippen molar-refractivity contribution in [1.29, 1.82) is 0 Å². The minimum atomic E-state index is -0.613. The summed E-state index contributed by atoms with van der Waals surface area (Å²) in [5.74, 6) is -0.980. The zero-order chi connectivity index (χ0) is 18.7. The third kappa shape index (κ3) is 4.31. The Hall–Kier alpha value is -2.20. The van der Waals surface area contributed by atoms with Gasteiger partial charge >= 0.3 is 6.03 Å². The van der Waals surface area contributed by atoms with Crippen molar-refractivity contribution in [1.82, 2.24) is 10.2 Å². The minimum absolute atomic E-state index is 0.149. The van der Waals surface area contributed by atoms with Crippen molar-refractivity contribution >= 4 is 68.1 Å². The first kappa shape index (κ1) is 18.6. The van der Waals surface area contributed by atoms with Crippen LogP contribution in [-0.4, -0.2) is 29.3 Å². The summed E-state index contributed by atoms with van der Waals surface area (Å²) in [6, 6.07) is 13.9. The molecule has 0 spiro atoms. The van der Waals surface area contributed by atoms with Crippen LogP contribution in [0.5, 0.6) is 0 Å². The molecule has 0 radical (unpaired) electrons. The molecule has 0 aliphatic carbocycles. The molecule has 0 bridgehead atoms. The van der Waals surface area contributed by atoms with Gasteiger partial charge in [0.1, 0.15) is 12.2 Å². The summed E-state index contributed by atoms with van der Waals surface area (Å²) in [4.78, 5) is 37.5. The van der Waals surface area contributed by atoms with Crippen molar-refractivity contribution in [3.05, 3.63) is 67.8 Å². The molecule has 8 heteroatoms. The molecule has 1 aliphatic rings. The average molecular weight is 526 g/mol. The third-order valence-corrected chi connectivity index (χ3v) is 5.11. The summed E-state index contributed by atoms with van der Waals surface area (Å²) in [5.41, 5.74) is 1.55. The van der Waals surface area contributed by atoms with E-state index in [-0.39, 0.29) is 12.2 Å². The monoisotopic (exact) mass is 525 g/mol. The topological polar surface area (TPSA) is 78.5 Å². The normalized spacial score (nSPS) is 15.3. The lowest BCUT2D eigenvalue weighted by Crippen LogP contribution is -2.38. The molecular weight excluding hydrogens is 513 g/mol. The number of carbonyl (C=O) groups is 3. The van der Waals surface area contributed by atoms with E-state index in [0.29, 0.717) is 5.69 Å². The molecule has 1 fully saturated rings. The maximum atomic E-state index is 12.4. The van der Waals surface area contributed by atoms with E-state index in [0.717, 1.165) is 18.5 Å². The minimum Gasteiger partial charge on any atom is -0.325 e. The quantitative estimate of drug-likeness (QED) is 0.364. The van der Waals surface area contributed by atoms with Gasteiger partial charge in [-0.1, -0.05) is 34.1 Å². The predicted molar refractivity (Wildman–Crippen MR) is 110 cm³/mol. The highest BCUT2D eigenvalue weighted by atomic mass is 127. The van der Waals surface area contributed by atoms with Gasteiger partial charge in [-0.3, -0.25) is 9.59 Å². The summed E-state index contributed by atoms with van der Waals surface area (Å²) in [5, 5.41) is 5.17. The molecule has 3 rings (SSSR count). The van der Waals surface area contributed by atoms with Crippen LogP contribution in [-0.2, 0) is 9.59 Å². The average Bonchev–Trinajstić information content (AvgIpc) is 2.86. The van der Waals surface area contributed by atoms with Crippen molar-refractivity contribution in [3.8, 4) is 0 Å². The van der Waals surface area contributed by atoms with Gasteiger partial charge in [0, 0.05) is 13.7 Å². The van der Waals surface area contributed by atoms with Gasteiger partial charge in [-0.25, -0.2) is 9.69 Å². The van der Waals surface area contributed by atoms with Crippen molar-refractivity contribution in [2.45, 2.75) is 0 Å². The first-order valence-corrected chi connectivity index (χ1v) is 9.46. The first-order chi connectivity index (χ1) is 12.4. The molecule has 132 valence electrons. The number of halogens is 2. The standard InChI is InChI=1S/C18H13BrIN3O3/c19-12-5-7-13(8-6-12)21-16(24)10-23-17(25)15(22-18(23)26)9-11-3-1-2-4-14(11)20/h1-9H,10H2,(H,21,24)(H,22,26)/b15-9-. The lowest BCUT2D eigenvalue weighted by atomic mass is 10.2. The van der Waals surface area contributed by atoms with Crippen LogP contribution < -0.4 is 10.6 Å². The SMILES string of the molecule is O=C(CN1C(=O)N/C(=C\c2ccccc2I)C1=O)Nc1ccc(Br)cc1. The van der Waals surface area contributed by atoms with Crippen molar-refractivity contribution in [2.75, 3.05) is 11.9 Å². The zero-order valence-electron chi connectivity index (χ0n) is 13.3. The maximum Gasteiger partial charge on any atom is 0.329 e. The molecule has 0 aromatic heterocycles. The molecule has 2 N–H and O–H groups in total. The van der Waals surface area contributed by atoms with Gasteiger partial charge < -0.3 is 10.6 Å². The number of urea groups is 1. The fourth-order valence-corrected chi connectivity index (χ4v) is 3.15. The number of nitrogens with zero attached hydrogens (tertiary/aromatic N) is 1. The smallest absolute Gasteiger partial charge is 0.325 e. The summed E-state index contributed by atoms with van der Waals surface area (Å²) in [7, 11) is 0. The number of hydrogen-bond acceptors (Lipinski definition) is 3. The molecule has 6 nitrogen and oxygen atoms in total. The largest absolute Gasteiger partial charge is 0.329 e. The predicted octanol–water partition coefficient (Wildman–Crippen LogP) is 3.59. The number of carbonyl (C=O) groups excluding carboxylic acids is 3. The summed E-state index contributed by atoms with van der Waals surface area (Å²) >= 11 is 5.46. The van der Waals surface area contributed by atoms with Crippen molar-refractivity contribution in [3.63, 3.8) is 0 Å². The number of nitrogens with one attached hydrogen (secondary N) is 2. The van der Waals surface area contributed by atoms with E-state index >= 15 is 0 Å². The molecule has 0 saturated carbocycles. The van der Waals surface area contributed by atoms with Crippen LogP contribution in [0.15, 0.2) is 58.7 Å². The number of amides is 4. The van der Waals surface area contributed by atoms with Crippen LogP contribution in [0.25, 0.3) is 6.08 Å². The molecule has 0 atom stereocenters. The van der Waals surface area contributed by atoms with E-state index < -0.39 is 17.8 Å². The molecule has 2 aromatic carbocycles. The van der Waals surface area contributed by atoms with E-state index in [2.05, 4.69) is 49.2 Å². The highest BCUT2D eigenvalue weighted by Crippen LogP contribution is 2.19. The van der Waals surface area contributed by atoms with E-state index in [1.165, 1.54) is 0 Å². The van der Waals surface area contributed by atoms with Crippen molar-refractivity contribution in [2.24, 2.45) is 0 Å². The highest BCUT2D eigenvalue weighted by molar-refractivity contribution is 14.1. The van der Waals surface area contributed by atoms with E-state index in [4.69, 9.17) is 0 Å². The molecule has 1 saturated heterocycles. The molecular formula is C18H13BrIN3O3. The molecule has 2 aromatic rings. The molecule has 4 amide bonds. The lowest BCUT2D eigenvalue weighted by molar-refractivity contribution is -0.127. The van der Waals surface area contributed by atoms with Gasteiger partial charge in [0.05, 0.1) is 0 Å². The fourth-order valence-electron chi connectivity index (χ4n) is 2.34. The van der Waals surface area contributed by atoms with Crippen molar-refractivity contribution < 1.29 is 14.4 Å². The Balaban J connectivity index is 1.70. The van der Waals surface area contributed by atoms with E-state index in [1.807, 2.05) is 24.3 Å². The van der Waals surface area contributed by atoms with Crippen LogP contribution in [0.4, 0.5) is 10.5 Å². The van der Waals surface area contributed by atoms with Crippen LogP contribution in [0.2, 0.25) is 0 Å². The van der Waals surface area contributed by atoms with Gasteiger partial charge in [0.25, 0.3) is 5.91 Å². The van der Waals surface area contributed by atoms with Crippen LogP contribution in [0.1, 0.15) is 5.56 Å². The van der Waals surface area contributed by atoms with Gasteiger partial charge in [-0.2, -0.15) is 0 Å². The molecule has 26 heavy (non-hydrogen) atoms. The zero-order valence-corrected chi connectivity index (χ0v) is 17.1. The van der Waals surface area contributed by atoms with Gasteiger partial charge in [-0.05, 0) is 64.6 Å². The fraction of sp³-hybridized carbons (Fsp3) is 0.0556. The van der Waals surface area contributed by atoms with Gasteiger partial charge in [0.2, 0.25) is 5.91 Å². The van der Waals surface area contributed by atoms with Gasteiger partial charge in [0.15, 0.2) is 0 Å². The van der Waals surface area contributed by atoms with E-state index in [9.17, 15) is 14.4 Å². The number of hydrogen-bond donors (Lipinski definition) is 2.